The molecule has 1 N–H and O–H groups in total. The Bertz CT molecular complexity index is 745. The summed E-state index contributed by atoms with van der Waals surface area (Å²) in [4.78, 5) is 13.4. The van der Waals surface area contributed by atoms with Crippen LogP contribution >= 0.6 is 0 Å². The summed E-state index contributed by atoms with van der Waals surface area (Å²) in [5.74, 6) is 1.47. The summed E-state index contributed by atoms with van der Waals surface area (Å²) in [6.07, 6.45) is 1.80. The Morgan fingerprint density at radius 2 is 1.89 bits per heavy atom. The average Bonchev–Trinajstić information content (AvgIpc) is 2.78. The maximum Gasteiger partial charge on any atom is 0.224 e. The van der Waals surface area contributed by atoms with E-state index in [0.29, 0.717) is 5.95 Å². The predicted octanol–water partition coefficient (Wildman–Crippen LogP) is 2.47. The number of hydrogen-bond acceptors (Lipinski definition) is 4. The first-order valence-corrected chi connectivity index (χ1v) is 6.16. The standard InChI is InChI=1S/C14H15N5/c1-9-10(2)19(8-16-9)13-11-6-4-5-7-12(11)17-14(15-3)18-13/h4-8H,1-3H3,(H,15,17,18). The van der Waals surface area contributed by atoms with Gasteiger partial charge in [-0.3, -0.25) is 4.57 Å². The third kappa shape index (κ3) is 1.83. The number of nitrogens with one attached hydrogen (secondary N) is 1. The second kappa shape index (κ2) is 4.35. The number of fused-ring (bicyclic) bond motifs is 1. The number of imidazole rings is 1. The van der Waals surface area contributed by atoms with Crippen molar-refractivity contribution in [1.82, 2.24) is 19.5 Å². The van der Waals surface area contributed by atoms with Crippen LogP contribution in [0.3, 0.4) is 0 Å². The second-order valence-electron chi connectivity index (χ2n) is 4.42. The molecule has 0 saturated heterocycles. The fourth-order valence-electron chi connectivity index (χ4n) is 2.07. The molecule has 2 aromatic heterocycles. The van der Waals surface area contributed by atoms with E-state index >= 15 is 0 Å². The van der Waals surface area contributed by atoms with Gasteiger partial charge < -0.3 is 5.32 Å². The first kappa shape index (κ1) is 11.6. The van der Waals surface area contributed by atoms with Crippen LogP contribution in [0.4, 0.5) is 5.95 Å². The molecule has 0 fully saturated rings. The largest absolute Gasteiger partial charge is 0.357 e. The van der Waals surface area contributed by atoms with Gasteiger partial charge in [0, 0.05) is 18.1 Å². The van der Waals surface area contributed by atoms with E-state index in [2.05, 4.69) is 20.3 Å². The predicted molar refractivity (Wildman–Crippen MR) is 75.7 cm³/mol. The highest BCUT2D eigenvalue weighted by Crippen LogP contribution is 2.22. The molecule has 2 heterocycles. The Kier molecular flexibility index (Phi) is 2.67. The van der Waals surface area contributed by atoms with Crippen LogP contribution in [-0.2, 0) is 0 Å². The van der Waals surface area contributed by atoms with Crippen LogP contribution in [0.1, 0.15) is 11.4 Å². The fourth-order valence-corrected chi connectivity index (χ4v) is 2.07. The van der Waals surface area contributed by atoms with Crippen LogP contribution in [0.25, 0.3) is 16.7 Å². The molecule has 96 valence electrons. The van der Waals surface area contributed by atoms with E-state index in [9.17, 15) is 0 Å². The van der Waals surface area contributed by atoms with Crippen molar-refractivity contribution in [3.8, 4) is 5.82 Å². The minimum Gasteiger partial charge on any atom is -0.357 e. The highest BCUT2D eigenvalue weighted by Gasteiger charge is 2.11. The van der Waals surface area contributed by atoms with Gasteiger partial charge in [-0.05, 0) is 26.0 Å². The molecule has 0 aliphatic carbocycles. The van der Waals surface area contributed by atoms with Crippen LogP contribution in [0.2, 0.25) is 0 Å². The average molecular weight is 253 g/mol. The van der Waals surface area contributed by atoms with Crippen molar-refractivity contribution in [3.63, 3.8) is 0 Å². The molecule has 0 saturated carbocycles. The van der Waals surface area contributed by atoms with E-state index < -0.39 is 0 Å². The maximum atomic E-state index is 4.56. The third-order valence-corrected chi connectivity index (χ3v) is 3.29. The van der Waals surface area contributed by atoms with Gasteiger partial charge in [0.2, 0.25) is 5.95 Å². The van der Waals surface area contributed by atoms with Gasteiger partial charge in [0.25, 0.3) is 0 Å². The molecule has 0 spiro atoms. The molecule has 3 aromatic rings. The molecule has 0 aliphatic rings. The lowest BCUT2D eigenvalue weighted by Gasteiger charge is -2.10. The van der Waals surface area contributed by atoms with Gasteiger partial charge in [-0.15, -0.1) is 0 Å². The first-order valence-electron chi connectivity index (χ1n) is 6.16. The molecule has 5 heteroatoms. The van der Waals surface area contributed by atoms with Crippen LogP contribution < -0.4 is 5.32 Å². The first-order chi connectivity index (χ1) is 9.20. The van der Waals surface area contributed by atoms with Crippen molar-refractivity contribution in [2.75, 3.05) is 12.4 Å². The zero-order valence-electron chi connectivity index (χ0n) is 11.2. The second-order valence-corrected chi connectivity index (χ2v) is 4.42. The number of rotatable bonds is 2. The zero-order chi connectivity index (χ0) is 13.4. The van der Waals surface area contributed by atoms with E-state index in [1.807, 2.05) is 49.7 Å². The van der Waals surface area contributed by atoms with Gasteiger partial charge in [0.15, 0.2) is 5.82 Å². The Labute approximate surface area is 111 Å². The van der Waals surface area contributed by atoms with Crippen molar-refractivity contribution < 1.29 is 0 Å². The number of nitrogens with zero attached hydrogens (tertiary/aromatic N) is 4. The minimum absolute atomic E-state index is 0.611. The van der Waals surface area contributed by atoms with Gasteiger partial charge in [0.1, 0.15) is 6.33 Å². The third-order valence-electron chi connectivity index (χ3n) is 3.29. The van der Waals surface area contributed by atoms with E-state index in [0.717, 1.165) is 28.1 Å². The van der Waals surface area contributed by atoms with E-state index in [-0.39, 0.29) is 0 Å². The smallest absolute Gasteiger partial charge is 0.224 e. The van der Waals surface area contributed by atoms with Crippen molar-refractivity contribution in [1.29, 1.82) is 0 Å². The molecule has 0 unspecified atom stereocenters. The van der Waals surface area contributed by atoms with Crippen LogP contribution in [-0.4, -0.2) is 26.6 Å². The summed E-state index contributed by atoms with van der Waals surface area (Å²) >= 11 is 0. The minimum atomic E-state index is 0.611. The quantitative estimate of drug-likeness (QED) is 0.762. The lowest BCUT2D eigenvalue weighted by molar-refractivity contribution is 0.954. The highest BCUT2D eigenvalue weighted by atomic mass is 15.2. The van der Waals surface area contributed by atoms with Crippen LogP contribution in [0.5, 0.6) is 0 Å². The van der Waals surface area contributed by atoms with E-state index in [1.54, 1.807) is 6.33 Å². The van der Waals surface area contributed by atoms with E-state index in [1.165, 1.54) is 0 Å². The molecule has 19 heavy (non-hydrogen) atoms. The summed E-state index contributed by atoms with van der Waals surface area (Å²) in [6.45, 7) is 4.03. The zero-order valence-corrected chi connectivity index (χ0v) is 11.2. The Morgan fingerprint density at radius 3 is 2.58 bits per heavy atom. The fraction of sp³-hybridized carbons (Fsp3) is 0.214. The Balaban J connectivity index is 2.36. The molecule has 5 nitrogen and oxygen atoms in total. The SMILES string of the molecule is CNc1nc(-n2cnc(C)c2C)c2ccccc2n1. The summed E-state index contributed by atoms with van der Waals surface area (Å²) in [5.41, 5.74) is 3.02. The van der Waals surface area contributed by atoms with Crippen molar-refractivity contribution in [3.05, 3.63) is 42.0 Å². The molecule has 0 amide bonds. The summed E-state index contributed by atoms with van der Waals surface area (Å²) in [5, 5.41) is 4.02. The number of hydrogen-bond donors (Lipinski definition) is 1. The van der Waals surface area contributed by atoms with Crippen LogP contribution in [0, 0.1) is 13.8 Å². The number of aryl methyl sites for hydroxylation is 1. The summed E-state index contributed by atoms with van der Waals surface area (Å²) in [7, 11) is 1.82. The van der Waals surface area contributed by atoms with Gasteiger partial charge in [0.05, 0.1) is 11.2 Å². The molecule has 0 atom stereocenters. The Hall–Kier alpha value is -2.43. The summed E-state index contributed by atoms with van der Waals surface area (Å²) in [6, 6.07) is 7.98. The maximum absolute atomic E-state index is 4.56. The Morgan fingerprint density at radius 1 is 1.11 bits per heavy atom. The van der Waals surface area contributed by atoms with Crippen molar-refractivity contribution >= 4 is 16.9 Å². The lowest BCUT2D eigenvalue weighted by atomic mass is 10.2. The molecule has 0 bridgehead atoms. The number of para-hydroxylation sites is 1. The molecule has 3 rings (SSSR count). The molecular formula is C14H15N5. The molecule has 0 radical (unpaired) electrons. The van der Waals surface area contributed by atoms with Crippen molar-refractivity contribution in [2.24, 2.45) is 0 Å². The van der Waals surface area contributed by atoms with Gasteiger partial charge in [-0.25, -0.2) is 9.97 Å². The lowest BCUT2D eigenvalue weighted by Crippen LogP contribution is -2.05. The van der Waals surface area contributed by atoms with Gasteiger partial charge in [-0.2, -0.15) is 4.98 Å². The number of benzene rings is 1. The van der Waals surface area contributed by atoms with Gasteiger partial charge >= 0.3 is 0 Å². The normalized spacial score (nSPS) is 10.9. The summed E-state index contributed by atoms with van der Waals surface area (Å²) < 4.78 is 2.00. The van der Waals surface area contributed by atoms with Crippen molar-refractivity contribution in [2.45, 2.75) is 13.8 Å². The van der Waals surface area contributed by atoms with Crippen LogP contribution in [0.15, 0.2) is 30.6 Å². The molecule has 0 aliphatic heterocycles. The van der Waals surface area contributed by atoms with Gasteiger partial charge in [-0.1, -0.05) is 12.1 Å². The molecule has 1 aromatic carbocycles. The van der Waals surface area contributed by atoms with E-state index in [4.69, 9.17) is 0 Å². The topological polar surface area (TPSA) is 55.6 Å². The monoisotopic (exact) mass is 253 g/mol. The highest BCUT2D eigenvalue weighted by molar-refractivity contribution is 5.86. The number of anilines is 1. The number of aromatic nitrogens is 4. The molecular weight excluding hydrogens is 238 g/mol.